The van der Waals surface area contributed by atoms with Crippen LogP contribution < -0.4 is 14.8 Å². The van der Waals surface area contributed by atoms with Gasteiger partial charge in [0, 0.05) is 6.54 Å². The van der Waals surface area contributed by atoms with Crippen molar-refractivity contribution in [1.29, 1.82) is 0 Å². The zero-order chi connectivity index (χ0) is 14.8. The molecule has 1 heterocycles. The zero-order valence-corrected chi connectivity index (χ0v) is 11.8. The molecule has 0 aromatic heterocycles. The molecule has 0 radical (unpaired) electrons. The maximum Gasteiger partial charge on any atom is 0.309 e. The molecule has 1 N–H and O–H groups in total. The first-order valence-electron chi connectivity index (χ1n) is 7.00. The van der Waals surface area contributed by atoms with Gasteiger partial charge in [-0.25, -0.2) is 0 Å². The number of esters is 1. The van der Waals surface area contributed by atoms with Crippen molar-refractivity contribution < 1.29 is 23.8 Å². The van der Waals surface area contributed by atoms with Gasteiger partial charge in [0.2, 0.25) is 6.79 Å². The highest BCUT2D eigenvalue weighted by Crippen LogP contribution is 2.32. The molecule has 2 aliphatic rings. The highest BCUT2D eigenvalue weighted by Gasteiger charge is 2.33. The summed E-state index contributed by atoms with van der Waals surface area (Å²) in [6.07, 6.45) is 0.960. The Balaban J connectivity index is 1.49. The van der Waals surface area contributed by atoms with Crippen LogP contribution in [0.15, 0.2) is 18.2 Å². The molecule has 1 aromatic rings. The second kappa shape index (κ2) is 5.63. The molecular formula is C15H17NO5. The summed E-state index contributed by atoms with van der Waals surface area (Å²) in [6.45, 7) is 2.15. The van der Waals surface area contributed by atoms with E-state index in [4.69, 9.17) is 14.2 Å². The van der Waals surface area contributed by atoms with Crippen molar-refractivity contribution in [3.63, 3.8) is 0 Å². The van der Waals surface area contributed by atoms with E-state index in [1.807, 2.05) is 12.1 Å². The number of carbonyl (C=O) groups is 2. The highest BCUT2D eigenvalue weighted by molar-refractivity contribution is 5.84. The Kier molecular flexibility index (Phi) is 3.68. The van der Waals surface area contributed by atoms with Crippen LogP contribution >= 0.6 is 0 Å². The number of benzene rings is 1. The van der Waals surface area contributed by atoms with E-state index in [0.29, 0.717) is 18.0 Å². The number of hydrogen-bond donors (Lipinski definition) is 1. The summed E-state index contributed by atoms with van der Waals surface area (Å²) in [4.78, 5) is 23.4. The molecule has 1 aliphatic carbocycles. The summed E-state index contributed by atoms with van der Waals surface area (Å²) in [6, 6.07) is 5.48. The molecule has 1 fully saturated rings. The first-order valence-corrected chi connectivity index (χ1v) is 7.00. The van der Waals surface area contributed by atoms with Crippen LogP contribution in [0.1, 0.15) is 25.3 Å². The summed E-state index contributed by atoms with van der Waals surface area (Å²) in [7, 11) is 0. The summed E-state index contributed by atoms with van der Waals surface area (Å²) in [5.74, 6) is 0.795. The van der Waals surface area contributed by atoms with Gasteiger partial charge >= 0.3 is 5.97 Å². The van der Waals surface area contributed by atoms with E-state index in [1.54, 1.807) is 13.0 Å². The molecule has 0 saturated heterocycles. The van der Waals surface area contributed by atoms with Crippen LogP contribution in [0.3, 0.4) is 0 Å². The lowest BCUT2D eigenvalue weighted by Gasteiger charge is -2.13. The van der Waals surface area contributed by atoms with Crippen LogP contribution in [0, 0.1) is 5.92 Å². The zero-order valence-electron chi connectivity index (χ0n) is 11.8. The molecule has 6 heteroatoms. The van der Waals surface area contributed by atoms with Gasteiger partial charge in [-0.3, -0.25) is 9.59 Å². The number of fused-ring (bicyclic) bond motifs is 1. The topological polar surface area (TPSA) is 73.9 Å². The van der Waals surface area contributed by atoms with Gasteiger partial charge in [0.1, 0.15) is 0 Å². The van der Waals surface area contributed by atoms with Crippen LogP contribution in [0.5, 0.6) is 11.5 Å². The fourth-order valence-electron chi connectivity index (χ4n) is 2.03. The first-order chi connectivity index (χ1) is 10.1. The van der Waals surface area contributed by atoms with Crippen molar-refractivity contribution in [1.82, 2.24) is 5.32 Å². The predicted octanol–water partition coefficient (Wildman–Crippen LogP) is 1.37. The van der Waals surface area contributed by atoms with Gasteiger partial charge in [-0.05, 0) is 37.5 Å². The van der Waals surface area contributed by atoms with Gasteiger partial charge in [0.05, 0.1) is 5.92 Å². The Morgan fingerprint density at radius 1 is 1.33 bits per heavy atom. The lowest BCUT2D eigenvalue weighted by atomic mass is 10.2. The molecular weight excluding hydrogens is 274 g/mol. The van der Waals surface area contributed by atoms with E-state index in [9.17, 15) is 9.59 Å². The second-order valence-corrected chi connectivity index (χ2v) is 5.26. The van der Waals surface area contributed by atoms with E-state index in [2.05, 4.69) is 5.32 Å². The molecule has 1 saturated carbocycles. The van der Waals surface area contributed by atoms with E-state index in [1.165, 1.54) is 0 Å². The minimum absolute atomic E-state index is 0.00545. The molecule has 3 rings (SSSR count). The maximum atomic E-state index is 11.9. The van der Waals surface area contributed by atoms with E-state index < -0.39 is 6.10 Å². The smallest absolute Gasteiger partial charge is 0.309 e. The Morgan fingerprint density at radius 2 is 2.10 bits per heavy atom. The number of hydrogen-bond acceptors (Lipinski definition) is 5. The minimum atomic E-state index is -0.771. The SMILES string of the molecule is C[C@H](OC(=O)C1CC1)C(=O)NCc1ccc2c(c1)OCO2. The molecule has 6 nitrogen and oxygen atoms in total. The summed E-state index contributed by atoms with van der Waals surface area (Å²) in [5.41, 5.74) is 0.897. The van der Waals surface area contributed by atoms with Crippen molar-refractivity contribution in [2.24, 2.45) is 5.92 Å². The summed E-state index contributed by atoms with van der Waals surface area (Å²) >= 11 is 0. The fraction of sp³-hybridized carbons (Fsp3) is 0.467. The summed E-state index contributed by atoms with van der Waals surface area (Å²) in [5, 5.41) is 2.74. The molecule has 0 unspecified atom stereocenters. The van der Waals surface area contributed by atoms with Gasteiger partial charge in [-0.15, -0.1) is 0 Å². The Hall–Kier alpha value is -2.24. The van der Waals surface area contributed by atoms with Crippen LogP contribution in [-0.2, 0) is 20.9 Å². The lowest BCUT2D eigenvalue weighted by Crippen LogP contribution is -2.35. The number of nitrogens with one attached hydrogen (secondary N) is 1. The number of ether oxygens (including phenoxy) is 3. The van der Waals surface area contributed by atoms with Gasteiger partial charge in [0.25, 0.3) is 5.91 Å². The molecule has 1 atom stereocenters. The summed E-state index contributed by atoms with van der Waals surface area (Å²) < 4.78 is 15.6. The van der Waals surface area contributed by atoms with Crippen molar-refractivity contribution in [3.8, 4) is 11.5 Å². The van der Waals surface area contributed by atoms with Crippen LogP contribution in [0.4, 0.5) is 0 Å². The molecule has 112 valence electrons. The lowest BCUT2D eigenvalue weighted by molar-refractivity contribution is -0.156. The molecule has 0 bridgehead atoms. The Morgan fingerprint density at radius 3 is 2.86 bits per heavy atom. The third-order valence-corrected chi connectivity index (χ3v) is 3.48. The highest BCUT2D eigenvalue weighted by atomic mass is 16.7. The molecule has 0 spiro atoms. The van der Waals surface area contributed by atoms with Gasteiger partial charge < -0.3 is 19.5 Å². The second-order valence-electron chi connectivity index (χ2n) is 5.26. The quantitative estimate of drug-likeness (QED) is 0.829. The number of rotatable bonds is 5. The number of amides is 1. The third-order valence-electron chi connectivity index (χ3n) is 3.48. The van der Waals surface area contributed by atoms with Gasteiger partial charge in [-0.2, -0.15) is 0 Å². The van der Waals surface area contributed by atoms with Crippen LogP contribution in [0.25, 0.3) is 0 Å². The largest absolute Gasteiger partial charge is 0.454 e. The predicted molar refractivity (Wildman–Crippen MR) is 72.7 cm³/mol. The molecule has 1 amide bonds. The number of carbonyl (C=O) groups excluding carboxylic acids is 2. The van der Waals surface area contributed by atoms with Gasteiger partial charge in [0.15, 0.2) is 17.6 Å². The van der Waals surface area contributed by atoms with Crippen molar-refractivity contribution >= 4 is 11.9 Å². The molecule has 1 aliphatic heterocycles. The van der Waals surface area contributed by atoms with Crippen molar-refractivity contribution in [2.45, 2.75) is 32.4 Å². The Bertz CT molecular complexity index is 567. The monoisotopic (exact) mass is 291 g/mol. The molecule has 1 aromatic carbocycles. The van der Waals surface area contributed by atoms with Crippen LogP contribution in [-0.4, -0.2) is 24.8 Å². The van der Waals surface area contributed by atoms with Crippen LogP contribution in [0.2, 0.25) is 0 Å². The minimum Gasteiger partial charge on any atom is -0.454 e. The fourth-order valence-corrected chi connectivity index (χ4v) is 2.03. The van der Waals surface area contributed by atoms with E-state index in [-0.39, 0.29) is 24.6 Å². The van der Waals surface area contributed by atoms with Crippen molar-refractivity contribution in [2.75, 3.05) is 6.79 Å². The average Bonchev–Trinajstić information content (AvgIpc) is 3.23. The standard InChI is InChI=1S/C15H17NO5/c1-9(21-15(18)11-3-4-11)14(17)16-7-10-2-5-12-13(6-10)20-8-19-12/h2,5-6,9,11H,3-4,7-8H2,1H3,(H,16,17)/t9-/m0/s1. The van der Waals surface area contributed by atoms with E-state index >= 15 is 0 Å². The first kappa shape index (κ1) is 13.7. The van der Waals surface area contributed by atoms with Gasteiger partial charge in [-0.1, -0.05) is 6.07 Å². The third kappa shape index (κ3) is 3.26. The Labute approximate surface area is 122 Å². The maximum absolute atomic E-state index is 11.9. The normalized spacial score (nSPS) is 17.2. The van der Waals surface area contributed by atoms with Crippen molar-refractivity contribution in [3.05, 3.63) is 23.8 Å². The molecule has 21 heavy (non-hydrogen) atoms. The van der Waals surface area contributed by atoms with E-state index in [0.717, 1.165) is 18.4 Å². The average molecular weight is 291 g/mol.